The molecule has 2 aromatic carbocycles. The van der Waals surface area contributed by atoms with Crippen molar-refractivity contribution in [2.45, 2.75) is 32.2 Å². The second kappa shape index (κ2) is 9.84. The zero-order valence-electron chi connectivity index (χ0n) is 21.9. The Morgan fingerprint density at radius 2 is 1.76 bits per heavy atom. The Hall–Kier alpha value is -3.36. The first-order chi connectivity index (χ1) is 18.0. The number of piperazine rings is 1. The molecule has 3 aliphatic rings. The number of hydrogen-bond acceptors (Lipinski definition) is 8. The summed E-state index contributed by atoms with van der Waals surface area (Å²) < 4.78 is 18.1. The number of hydrogen-bond donors (Lipinski definition) is 1. The van der Waals surface area contributed by atoms with Gasteiger partial charge in [-0.3, -0.25) is 4.90 Å². The van der Waals surface area contributed by atoms with E-state index in [9.17, 15) is 0 Å². The Bertz CT molecular complexity index is 1290. The molecule has 1 N–H and O–H groups in total. The predicted molar refractivity (Wildman–Crippen MR) is 145 cm³/mol. The summed E-state index contributed by atoms with van der Waals surface area (Å²) in [6.07, 6.45) is 3.86. The lowest BCUT2D eigenvalue weighted by Crippen LogP contribution is -2.57. The summed E-state index contributed by atoms with van der Waals surface area (Å²) in [4.78, 5) is 14.4. The van der Waals surface area contributed by atoms with E-state index in [-0.39, 0.29) is 5.54 Å². The minimum absolute atomic E-state index is 0.0777. The highest BCUT2D eigenvalue weighted by Gasteiger charge is 2.32. The molecule has 0 saturated carbocycles. The van der Waals surface area contributed by atoms with Crippen LogP contribution in [0.4, 0.5) is 17.3 Å². The van der Waals surface area contributed by atoms with Gasteiger partial charge in [0, 0.05) is 48.7 Å². The number of aryl methyl sites for hydroxylation is 2. The lowest BCUT2D eigenvalue weighted by atomic mass is 9.90. The van der Waals surface area contributed by atoms with Gasteiger partial charge < -0.3 is 24.4 Å². The van der Waals surface area contributed by atoms with Crippen molar-refractivity contribution < 1.29 is 14.2 Å². The summed E-state index contributed by atoms with van der Waals surface area (Å²) in [6, 6.07) is 12.6. The number of fused-ring (bicyclic) bond motifs is 4. The third-order valence-corrected chi connectivity index (χ3v) is 7.72. The van der Waals surface area contributed by atoms with Gasteiger partial charge in [0.15, 0.2) is 0 Å². The number of nitrogens with one attached hydrogen (secondary N) is 1. The van der Waals surface area contributed by atoms with Gasteiger partial charge in [-0.15, -0.1) is 0 Å². The van der Waals surface area contributed by atoms with Crippen LogP contribution >= 0.6 is 0 Å². The third kappa shape index (κ3) is 4.95. The largest absolute Gasteiger partial charge is 0.491 e. The van der Waals surface area contributed by atoms with Crippen LogP contribution in [0.15, 0.2) is 42.6 Å². The average molecular weight is 502 g/mol. The Labute approximate surface area is 218 Å². The maximum atomic E-state index is 6.29. The quantitative estimate of drug-likeness (QED) is 0.529. The van der Waals surface area contributed by atoms with Crippen LogP contribution in [-0.4, -0.2) is 73.5 Å². The molecule has 6 rings (SSSR count). The predicted octanol–water partition coefficient (Wildman–Crippen LogP) is 4.30. The molecule has 3 aromatic rings. The van der Waals surface area contributed by atoms with Crippen LogP contribution in [0.1, 0.15) is 25.0 Å². The van der Waals surface area contributed by atoms with Crippen molar-refractivity contribution in [1.82, 2.24) is 14.9 Å². The van der Waals surface area contributed by atoms with Gasteiger partial charge in [-0.2, -0.15) is 0 Å². The Morgan fingerprint density at radius 1 is 0.919 bits per heavy atom. The molecular formula is C29H35N5O3. The minimum atomic E-state index is 0.0777. The third-order valence-electron chi connectivity index (χ3n) is 7.72. The standard InChI is InChI=1S/C29H35N5O3/c1-29(2)19-34(11-10-33(29)3)25-9-7-22-16-26(25)37-15-13-35-12-14-36-23-8-6-20-4-5-21-18-30-28(31-22)32-27(21)24(20)17-23/h6-9,16-18H,4-5,10-15,19H2,1-3H3,(H,30,31,32). The molecule has 0 unspecified atom stereocenters. The summed E-state index contributed by atoms with van der Waals surface area (Å²) in [5.74, 6) is 2.24. The Morgan fingerprint density at radius 3 is 2.62 bits per heavy atom. The highest BCUT2D eigenvalue weighted by molar-refractivity contribution is 5.73. The zero-order valence-corrected chi connectivity index (χ0v) is 21.9. The molecule has 3 heterocycles. The van der Waals surface area contributed by atoms with Crippen molar-refractivity contribution in [2.75, 3.05) is 63.3 Å². The van der Waals surface area contributed by atoms with E-state index in [0.29, 0.717) is 32.4 Å². The smallest absolute Gasteiger partial charge is 0.227 e. The minimum Gasteiger partial charge on any atom is -0.491 e. The van der Waals surface area contributed by atoms with Crippen molar-refractivity contribution in [3.05, 3.63) is 53.7 Å². The number of nitrogens with zero attached hydrogens (tertiary/aromatic N) is 4. The molecule has 8 heteroatoms. The van der Waals surface area contributed by atoms with E-state index in [1.54, 1.807) is 0 Å². The number of ether oxygens (including phenoxy) is 3. The molecule has 1 saturated heterocycles. The molecule has 1 aliphatic carbocycles. The molecule has 2 aliphatic heterocycles. The van der Waals surface area contributed by atoms with Gasteiger partial charge in [0.25, 0.3) is 0 Å². The second-order valence-corrected chi connectivity index (χ2v) is 10.7. The highest BCUT2D eigenvalue weighted by Crippen LogP contribution is 2.37. The van der Waals surface area contributed by atoms with Crippen LogP contribution in [-0.2, 0) is 17.6 Å². The van der Waals surface area contributed by atoms with Gasteiger partial charge in [-0.05, 0) is 69.1 Å². The molecule has 8 nitrogen and oxygen atoms in total. The van der Waals surface area contributed by atoms with Gasteiger partial charge in [0.1, 0.15) is 24.7 Å². The van der Waals surface area contributed by atoms with Crippen LogP contribution < -0.4 is 19.7 Å². The lowest BCUT2D eigenvalue weighted by Gasteiger charge is -2.46. The van der Waals surface area contributed by atoms with Crippen molar-refractivity contribution in [2.24, 2.45) is 0 Å². The normalized spacial score (nSPS) is 19.4. The van der Waals surface area contributed by atoms with Crippen molar-refractivity contribution in [3.8, 4) is 22.8 Å². The van der Waals surface area contributed by atoms with Gasteiger partial charge in [0.2, 0.25) is 5.95 Å². The van der Waals surface area contributed by atoms with E-state index in [1.165, 1.54) is 5.56 Å². The van der Waals surface area contributed by atoms with Gasteiger partial charge in [-0.1, -0.05) is 6.07 Å². The van der Waals surface area contributed by atoms with Crippen LogP contribution in [0.3, 0.4) is 0 Å². The lowest BCUT2D eigenvalue weighted by molar-refractivity contribution is 0.0764. The van der Waals surface area contributed by atoms with Gasteiger partial charge in [0.05, 0.1) is 24.6 Å². The summed E-state index contributed by atoms with van der Waals surface area (Å²) in [6.45, 7) is 9.39. The van der Waals surface area contributed by atoms with Crippen LogP contribution in [0.2, 0.25) is 0 Å². The fraction of sp³-hybridized carbons (Fsp3) is 0.448. The van der Waals surface area contributed by atoms with E-state index in [4.69, 9.17) is 19.2 Å². The Balaban J connectivity index is 1.35. The average Bonchev–Trinajstić information content (AvgIpc) is 2.89. The van der Waals surface area contributed by atoms with Gasteiger partial charge in [-0.25, -0.2) is 9.97 Å². The SMILES string of the molecule is CN1CCN(c2ccc3cc2OCCOCCOc2ccc4c(c2)-c2nc(ncc2CC4)N3)CC1(C)C. The van der Waals surface area contributed by atoms with Crippen LogP contribution in [0.25, 0.3) is 11.3 Å². The number of likely N-dealkylation sites (N-methyl/N-ethyl adjacent to an activating group) is 1. The first-order valence-corrected chi connectivity index (χ1v) is 13.2. The molecule has 0 spiro atoms. The molecule has 1 fully saturated rings. The monoisotopic (exact) mass is 501 g/mol. The molecule has 0 radical (unpaired) electrons. The molecule has 37 heavy (non-hydrogen) atoms. The van der Waals surface area contributed by atoms with E-state index in [0.717, 1.165) is 72.2 Å². The first-order valence-electron chi connectivity index (χ1n) is 13.2. The fourth-order valence-electron chi connectivity index (χ4n) is 5.31. The summed E-state index contributed by atoms with van der Waals surface area (Å²) >= 11 is 0. The number of aromatic nitrogens is 2. The molecule has 0 amide bonds. The zero-order chi connectivity index (χ0) is 25.4. The molecule has 1 aromatic heterocycles. The van der Waals surface area contributed by atoms with Crippen molar-refractivity contribution in [1.29, 1.82) is 0 Å². The fourth-order valence-corrected chi connectivity index (χ4v) is 5.31. The maximum absolute atomic E-state index is 6.29. The van der Waals surface area contributed by atoms with Gasteiger partial charge >= 0.3 is 0 Å². The summed E-state index contributed by atoms with van der Waals surface area (Å²) in [5.41, 5.74) is 6.60. The van der Waals surface area contributed by atoms with E-state index < -0.39 is 0 Å². The van der Waals surface area contributed by atoms with E-state index in [1.807, 2.05) is 12.3 Å². The Kier molecular flexibility index (Phi) is 6.38. The second-order valence-electron chi connectivity index (χ2n) is 10.7. The molecular weight excluding hydrogens is 466 g/mol. The molecule has 0 atom stereocenters. The number of anilines is 3. The molecule has 194 valence electrons. The summed E-state index contributed by atoms with van der Waals surface area (Å²) in [7, 11) is 2.19. The maximum Gasteiger partial charge on any atom is 0.227 e. The first kappa shape index (κ1) is 24.0. The number of benzene rings is 2. The van der Waals surface area contributed by atoms with E-state index in [2.05, 4.69) is 71.3 Å². The van der Waals surface area contributed by atoms with Crippen LogP contribution in [0, 0.1) is 0 Å². The van der Waals surface area contributed by atoms with Crippen molar-refractivity contribution in [3.63, 3.8) is 0 Å². The molecule has 6 bridgehead atoms. The van der Waals surface area contributed by atoms with Crippen molar-refractivity contribution >= 4 is 17.3 Å². The topological polar surface area (TPSA) is 72.0 Å². The number of rotatable bonds is 1. The van der Waals surface area contributed by atoms with Crippen LogP contribution in [0.5, 0.6) is 11.5 Å². The van der Waals surface area contributed by atoms with E-state index >= 15 is 0 Å². The highest BCUT2D eigenvalue weighted by atomic mass is 16.5. The summed E-state index contributed by atoms with van der Waals surface area (Å²) in [5, 5.41) is 3.42.